The lowest BCUT2D eigenvalue weighted by atomic mass is 10.1. The molecule has 7 heteroatoms. The second-order valence-electron chi connectivity index (χ2n) is 3.87. The van der Waals surface area contributed by atoms with E-state index in [2.05, 4.69) is 5.32 Å². The number of anilines is 1. The molecule has 1 aromatic rings. The third kappa shape index (κ3) is 3.16. The molecule has 0 aromatic heterocycles. The van der Waals surface area contributed by atoms with Crippen molar-refractivity contribution in [1.82, 2.24) is 0 Å². The predicted molar refractivity (Wildman–Crippen MR) is 67.7 cm³/mol. The van der Waals surface area contributed by atoms with Gasteiger partial charge in [0.15, 0.2) is 0 Å². The average molecular weight is 253 g/mol. The van der Waals surface area contributed by atoms with Crippen LogP contribution in [0.25, 0.3) is 0 Å². The molecule has 1 aromatic carbocycles. The van der Waals surface area contributed by atoms with Crippen LogP contribution >= 0.6 is 0 Å². The monoisotopic (exact) mass is 253 g/mol. The normalized spacial score (nSPS) is 10.4. The van der Waals surface area contributed by atoms with Crippen molar-refractivity contribution in [3.05, 3.63) is 38.4 Å². The van der Waals surface area contributed by atoms with E-state index in [0.29, 0.717) is 5.69 Å². The standard InChI is InChI=1S/C11H15N3O4/c1-3-8(4-2)12-10-6-5-9(13(15)16)7-11(10)14(17)18/h5-8,12H,3-4H2,1-2H3. The van der Waals surface area contributed by atoms with Crippen LogP contribution < -0.4 is 5.32 Å². The first kappa shape index (κ1) is 13.9. The summed E-state index contributed by atoms with van der Waals surface area (Å²) in [5, 5.41) is 24.5. The van der Waals surface area contributed by atoms with Crippen molar-refractivity contribution in [1.29, 1.82) is 0 Å². The van der Waals surface area contributed by atoms with Crippen molar-refractivity contribution >= 4 is 17.1 Å². The molecule has 0 bridgehead atoms. The van der Waals surface area contributed by atoms with Crippen LogP contribution in [0.5, 0.6) is 0 Å². The predicted octanol–water partition coefficient (Wildman–Crippen LogP) is 3.10. The molecule has 0 spiro atoms. The number of hydrogen-bond acceptors (Lipinski definition) is 5. The highest BCUT2D eigenvalue weighted by atomic mass is 16.6. The van der Waals surface area contributed by atoms with E-state index >= 15 is 0 Å². The van der Waals surface area contributed by atoms with E-state index in [9.17, 15) is 20.2 Å². The van der Waals surface area contributed by atoms with Crippen LogP contribution in [0.1, 0.15) is 26.7 Å². The molecular formula is C11H15N3O4. The number of benzene rings is 1. The van der Waals surface area contributed by atoms with Gasteiger partial charge in [0.2, 0.25) is 0 Å². The highest BCUT2D eigenvalue weighted by Gasteiger charge is 2.20. The zero-order chi connectivity index (χ0) is 13.7. The second kappa shape index (κ2) is 5.95. The minimum absolute atomic E-state index is 0.116. The molecule has 0 fully saturated rings. The molecule has 0 radical (unpaired) electrons. The Hall–Kier alpha value is -2.18. The SMILES string of the molecule is CCC(CC)Nc1ccc([N+](=O)[O-])cc1[N+](=O)[O-]. The van der Waals surface area contributed by atoms with Crippen LogP contribution in [0.15, 0.2) is 18.2 Å². The third-order valence-corrected chi connectivity index (χ3v) is 2.73. The molecule has 1 N–H and O–H groups in total. The van der Waals surface area contributed by atoms with Crippen molar-refractivity contribution in [3.8, 4) is 0 Å². The highest BCUT2D eigenvalue weighted by molar-refractivity contribution is 5.65. The van der Waals surface area contributed by atoms with Crippen LogP contribution in [0.3, 0.4) is 0 Å². The lowest BCUT2D eigenvalue weighted by Gasteiger charge is -2.15. The molecule has 0 amide bonds. The van der Waals surface area contributed by atoms with Gasteiger partial charge in [0.05, 0.1) is 15.9 Å². The van der Waals surface area contributed by atoms with Gasteiger partial charge in [-0.25, -0.2) is 0 Å². The Bertz CT molecular complexity index is 458. The molecule has 1 rings (SSSR count). The first-order valence-electron chi connectivity index (χ1n) is 5.68. The van der Waals surface area contributed by atoms with Gasteiger partial charge in [-0.05, 0) is 18.9 Å². The minimum Gasteiger partial charge on any atom is -0.377 e. The number of rotatable bonds is 6. The molecule has 0 heterocycles. The Balaban J connectivity index is 3.11. The van der Waals surface area contributed by atoms with Crippen LogP contribution in [0, 0.1) is 20.2 Å². The summed E-state index contributed by atoms with van der Waals surface area (Å²) in [6.07, 6.45) is 1.65. The topological polar surface area (TPSA) is 98.3 Å². The highest BCUT2D eigenvalue weighted by Crippen LogP contribution is 2.29. The Morgan fingerprint density at radius 2 is 1.78 bits per heavy atom. The zero-order valence-electron chi connectivity index (χ0n) is 10.3. The van der Waals surface area contributed by atoms with Gasteiger partial charge in [-0.1, -0.05) is 13.8 Å². The Kier molecular flexibility index (Phi) is 4.59. The van der Waals surface area contributed by atoms with Crippen molar-refractivity contribution in [2.75, 3.05) is 5.32 Å². The molecule has 0 aliphatic carbocycles. The molecule has 0 aliphatic rings. The number of nitro groups is 2. The fourth-order valence-electron chi connectivity index (χ4n) is 1.62. The number of nitro benzene ring substituents is 2. The third-order valence-electron chi connectivity index (χ3n) is 2.73. The van der Waals surface area contributed by atoms with Gasteiger partial charge in [-0.15, -0.1) is 0 Å². The first-order chi connectivity index (χ1) is 8.49. The van der Waals surface area contributed by atoms with E-state index in [4.69, 9.17) is 0 Å². The van der Waals surface area contributed by atoms with Gasteiger partial charge in [0, 0.05) is 12.1 Å². The summed E-state index contributed by atoms with van der Waals surface area (Å²) in [5.74, 6) is 0. The summed E-state index contributed by atoms with van der Waals surface area (Å²) in [6.45, 7) is 3.94. The lowest BCUT2D eigenvalue weighted by molar-refractivity contribution is -0.393. The van der Waals surface area contributed by atoms with Gasteiger partial charge < -0.3 is 5.32 Å². The number of nitrogens with one attached hydrogen (secondary N) is 1. The van der Waals surface area contributed by atoms with Gasteiger partial charge in [-0.2, -0.15) is 0 Å². The Labute approximate surface area is 104 Å². The molecule has 98 valence electrons. The lowest BCUT2D eigenvalue weighted by Crippen LogP contribution is -2.17. The molecular weight excluding hydrogens is 238 g/mol. The fraction of sp³-hybridized carbons (Fsp3) is 0.455. The molecule has 18 heavy (non-hydrogen) atoms. The molecule has 0 saturated heterocycles. The van der Waals surface area contributed by atoms with Gasteiger partial charge >= 0.3 is 0 Å². The molecule has 0 unspecified atom stereocenters. The number of hydrogen-bond donors (Lipinski definition) is 1. The fourth-order valence-corrected chi connectivity index (χ4v) is 1.62. The number of nitrogens with zero attached hydrogens (tertiary/aromatic N) is 2. The summed E-state index contributed by atoms with van der Waals surface area (Å²) < 4.78 is 0. The van der Waals surface area contributed by atoms with Gasteiger partial charge in [0.1, 0.15) is 5.69 Å². The van der Waals surface area contributed by atoms with Gasteiger partial charge in [-0.3, -0.25) is 20.2 Å². The summed E-state index contributed by atoms with van der Waals surface area (Å²) in [6, 6.07) is 3.74. The molecule has 7 nitrogen and oxygen atoms in total. The minimum atomic E-state index is -0.645. The number of non-ortho nitro benzene ring substituents is 1. The van der Waals surface area contributed by atoms with E-state index in [1.165, 1.54) is 12.1 Å². The summed E-state index contributed by atoms with van der Waals surface area (Å²) in [4.78, 5) is 20.2. The van der Waals surface area contributed by atoms with Crippen molar-refractivity contribution in [2.45, 2.75) is 32.7 Å². The van der Waals surface area contributed by atoms with E-state index in [-0.39, 0.29) is 17.4 Å². The Morgan fingerprint density at radius 3 is 2.22 bits per heavy atom. The average Bonchev–Trinajstić information content (AvgIpc) is 2.35. The van der Waals surface area contributed by atoms with E-state index < -0.39 is 9.85 Å². The van der Waals surface area contributed by atoms with Crippen LogP contribution in [0.2, 0.25) is 0 Å². The van der Waals surface area contributed by atoms with Crippen LogP contribution in [-0.4, -0.2) is 15.9 Å². The molecule has 0 atom stereocenters. The van der Waals surface area contributed by atoms with Crippen molar-refractivity contribution < 1.29 is 9.85 Å². The van der Waals surface area contributed by atoms with E-state index in [1.54, 1.807) is 0 Å². The largest absolute Gasteiger partial charge is 0.377 e. The van der Waals surface area contributed by atoms with Gasteiger partial charge in [0.25, 0.3) is 11.4 Å². The van der Waals surface area contributed by atoms with Crippen LogP contribution in [0.4, 0.5) is 17.1 Å². The summed E-state index contributed by atoms with van der Waals surface area (Å²) in [7, 11) is 0. The quantitative estimate of drug-likeness (QED) is 0.620. The molecule has 0 aliphatic heterocycles. The summed E-state index contributed by atoms with van der Waals surface area (Å²) in [5.41, 5.74) is -0.229. The summed E-state index contributed by atoms with van der Waals surface area (Å²) >= 11 is 0. The Morgan fingerprint density at radius 1 is 1.17 bits per heavy atom. The smallest absolute Gasteiger partial charge is 0.299 e. The maximum absolute atomic E-state index is 10.9. The zero-order valence-corrected chi connectivity index (χ0v) is 10.3. The van der Waals surface area contributed by atoms with E-state index in [1.807, 2.05) is 13.8 Å². The second-order valence-corrected chi connectivity index (χ2v) is 3.87. The molecule has 0 saturated carbocycles. The van der Waals surface area contributed by atoms with E-state index in [0.717, 1.165) is 18.9 Å². The maximum atomic E-state index is 10.9. The van der Waals surface area contributed by atoms with Crippen molar-refractivity contribution in [2.24, 2.45) is 0 Å². The van der Waals surface area contributed by atoms with Crippen LogP contribution in [-0.2, 0) is 0 Å². The van der Waals surface area contributed by atoms with Crippen molar-refractivity contribution in [3.63, 3.8) is 0 Å². The maximum Gasteiger partial charge on any atom is 0.299 e. The first-order valence-corrected chi connectivity index (χ1v) is 5.68.